The average molecular weight is 289 g/mol. The molecule has 2 atom stereocenters. The largest absolute Gasteiger partial charge is 0.373 e. The molecule has 2 aromatic rings. The zero-order valence-electron chi connectivity index (χ0n) is 12.7. The van der Waals surface area contributed by atoms with Crippen molar-refractivity contribution >= 4 is 0 Å². The first-order valence-corrected chi connectivity index (χ1v) is 7.53. The third-order valence-corrected chi connectivity index (χ3v) is 4.15. The number of nitrogens with zero attached hydrogens (tertiary/aromatic N) is 3. The smallest absolute Gasteiger partial charge is 0.0895 e. The molecule has 114 valence electrons. The van der Waals surface area contributed by atoms with E-state index in [1.807, 2.05) is 31.0 Å². The maximum atomic E-state index is 5.99. The van der Waals surface area contributed by atoms with E-state index < -0.39 is 0 Å². The summed E-state index contributed by atoms with van der Waals surface area (Å²) >= 11 is 0. The molecule has 0 spiro atoms. The van der Waals surface area contributed by atoms with Crippen LogP contribution in [0.3, 0.4) is 0 Å². The van der Waals surface area contributed by atoms with E-state index in [0.717, 1.165) is 31.8 Å². The van der Waals surface area contributed by atoms with Crippen LogP contribution in [-0.4, -0.2) is 33.1 Å². The molecule has 3 rings (SSSR count). The molecular weight excluding hydrogens is 266 g/mol. The zero-order chi connectivity index (χ0) is 14.7. The van der Waals surface area contributed by atoms with Gasteiger partial charge in [0.2, 0.25) is 0 Å². The van der Waals surface area contributed by atoms with Crippen molar-refractivity contribution in [1.82, 2.24) is 25.3 Å². The molecule has 1 aliphatic heterocycles. The van der Waals surface area contributed by atoms with Crippen LogP contribution in [0.1, 0.15) is 35.8 Å². The van der Waals surface area contributed by atoms with E-state index in [9.17, 15) is 0 Å². The molecule has 6 heteroatoms. The minimum absolute atomic E-state index is 0.158. The van der Waals surface area contributed by atoms with Gasteiger partial charge in [-0.2, -0.15) is 10.2 Å². The van der Waals surface area contributed by atoms with Crippen LogP contribution in [0.15, 0.2) is 18.6 Å². The number of H-pyrrole nitrogens is 1. The molecule has 1 fully saturated rings. The second-order valence-corrected chi connectivity index (χ2v) is 5.79. The monoisotopic (exact) mass is 289 g/mol. The lowest BCUT2D eigenvalue weighted by atomic mass is 9.91. The van der Waals surface area contributed by atoms with E-state index in [-0.39, 0.29) is 6.10 Å². The van der Waals surface area contributed by atoms with E-state index in [1.54, 1.807) is 0 Å². The number of rotatable bonds is 5. The zero-order valence-corrected chi connectivity index (χ0v) is 12.7. The molecular formula is C15H23N5O. The molecule has 2 N–H and O–H groups in total. The molecule has 2 aromatic heterocycles. The van der Waals surface area contributed by atoms with E-state index in [4.69, 9.17) is 4.74 Å². The van der Waals surface area contributed by atoms with Crippen LogP contribution >= 0.6 is 0 Å². The third kappa shape index (κ3) is 3.33. The van der Waals surface area contributed by atoms with E-state index in [0.29, 0.717) is 5.92 Å². The SMILES string of the molecule is Cc1[nH]ncc1CNC[C@@H]1CCCO[C@H]1c1cnn(C)c1. The van der Waals surface area contributed by atoms with Gasteiger partial charge in [-0.05, 0) is 19.8 Å². The first kappa shape index (κ1) is 14.3. The van der Waals surface area contributed by atoms with Gasteiger partial charge >= 0.3 is 0 Å². The van der Waals surface area contributed by atoms with Gasteiger partial charge in [0.25, 0.3) is 0 Å². The molecule has 0 saturated carbocycles. The Balaban J connectivity index is 1.58. The van der Waals surface area contributed by atoms with E-state index in [1.165, 1.54) is 17.5 Å². The standard InChI is InChI=1S/C15H23N5O/c1-11-13(8-17-19-11)7-16-6-12-4-3-5-21-15(12)14-9-18-20(2)10-14/h8-10,12,15-16H,3-7H2,1-2H3,(H,17,19)/t12-,15+/m0/s1. The molecule has 0 aliphatic carbocycles. The molecule has 0 amide bonds. The van der Waals surface area contributed by atoms with Crippen LogP contribution in [0.5, 0.6) is 0 Å². The lowest BCUT2D eigenvalue weighted by Gasteiger charge is -2.31. The second-order valence-electron chi connectivity index (χ2n) is 5.79. The van der Waals surface area contributed by atoms with Gasteiger partial charge in [-0.3, -0.25) is 9.78 Å². The van der Waals surface area contributed by atoms with Crippen molar-refractivity contribution in [3.05, 3.63) is 35.4 Å². The fourth-order valence-corrected chi connectivity index (χ4v) is 2.95. The van der Waals surface area contributed by atoms with Crippen LogP contribution in [0, 0.1) is 12.8 Å². The van der Waals surface area contributed by atoms with Crippen molar-refractivity contribution in [1.29, 1.82) is 0 Å². The van der Waals surface area contributed by atoms with Gasteiger partial charge in [0.15, 0.2) is 0 Å². The minimum atomic E-state index is 0.158. The second kappa shape index (κ2) is 6.41. The topological polar surface area (TPSA) is 67.8 Å². The average Bonchev–Trinajstić information content (AvgIpc) is 3.09. The van der Waals surface area contributed by atoms with Crippen LogP contribution in [0.4, 0.5) is 0 Å². The van der Waals surface area contributed by atoms with Crippen LogP contribution in [-0.2, 0) is 18.3 Å². The molecule has 0 aromatic carbocycles. The first-order valence-electron chi connectivity index (χ1n) is 7.53. The van der Waals surface area contributed by atoms with Gasteiger partial charge in [0, 0.05) is 55.7 Å². The summed E-state index contributed by atoms with van der Waals surface area (Å²) in [5.41, 5.74) is 3.54. The van der Waals surface area contributed by atoms with Gasteiger partial charge in [-0.1, -0.05) is 0 Å². The van der Waals surface area contributed by atoms with Crippen molar-refractivity contribution in [2.75, 3.05) is 13.2 Å². The number of hydrogen-bond donors (Lipinski definition) is 2. The highest BCUT2D eigenvalue weighted by molar-refractivity contribution is 5.14. The summed E-state index contributed by atoms with van der Waals surface area (Å²) < 4.78 is 7.83. The van der Waals surface area contributed by atoms with Crippen molar-refractivity contribution < 1.29 is 4.74 Å². The lowest BCUT2D eigenvalue weighted by Crippen LogP contribution is -2.31. The quantitative estimate of drug-likeness (QED) is 0.879. The summed E-state index contributed by atoms with van der Waals surface area (Å²) in [5.74, 6) is 0.496. The van der Waals surface area contributed by atoms with E-state index in [2.05, 4.69) is 26.8 Å². The van der Waals surface area contributed by atoms with Gasteiger partial charge in [-0.15, -0.1) is 0 Å². The molecule has 1 saturated heterocycles. The summed E-state index contributed by atoms with van der Waals surface area (Å²) in [6.07, 6.45) is 8.35. The molecule has 0 bridgehead atoms. The Morgan fingerprint density at radius 1 is 1.48 bits per heavy atom. The summed E-state index contributed by atoms with van der Waals surface area (Å²) in [5, 5.41) is 14.8. The number of ether oxygens (including phenoxy) is 1. The summed E-state index contributed by atoms with van der Waals surface area (Å²) in [7, 11) is 1.95. The Labute approximate surface area is 124 Å². The Bertz CT molecular complexity index is 576. The van der Waals surface area contributed by atoms with Crippen molar-refractivity contribution in [2.24, 2.45) is 13.0 Å². The fraction of sp³-hybridized carbons (Fsp3) is 0.600. The predicted octanol–water partition coefficient (Wildman–Crippen LogP) is 1.71. The highest BCUT2D eigenvalue weighted by atomic mass is 16.5. The van der Waals surface area contributed by atoms with Crippen molar-refractivity contribution in [3.8, 4) is 0 Å². The van der Waals surface area contributed by atoms with Gasteiger partial charge < -0.3 is 10.1 Å². The first-order chi connectivity index (χ1) is 10.2. The van der Waals surface area contributed by atoms with Crippen LogP contribution < -0.4 is 5.32 Å². The molecule has 6 nitrogen and oxygen atoms in total. The fourth-order valence-electron chi connectivity index (χ4n) is 2.95. The minimum Gasteiger partial charge on any atom is -0.373 e. The molecule has 0 unspecified atom stereocenters. The maximum Gasteiger partial charge on any atom is 0.0895 e. The normalized spacial score (nSPS) is 22.6. The van der Waals surface area contributed by atoms with Crippen molar-refractivity contribution in [3.63, 3.8) is 0 Å². The van der Waals surface area contributed by atoms with E-state index >= 15 is 0 Å². The Morgan fingerprint density at radius 2 is 2.38 bits per heavy atom. The van der Waals surface area contributed by atoms with Crippen LogP contribution in [0.25, 0.3) is 0 Å². The Morgan fingerprint density at radius 3 is 3.10 bits per heavy atom. The van der Waals surface area contributed by atoms with Gasteiger partial charge in [-0.25, -0.2) is 0 Å². The molecule has 21 heavy (non-hydrogen) atoms. The number of nitrogens with one attached hydrogen (secondary N) is 2. The molecule has 3 heterocycles. The molecule has 1 aliphatic rings. The van der Waals surface area contributed by atoms with Crippen molar-refractivity contribution in [2.45, 2.75) is 32.4 Å². The number of aromatic nitrogens is 4. The van der Waals surface area contributed by atoms with Crippen LogP contribution in [0.2, 0.25) is 0 Å². The Hall–Kier alpha value is -1.66. The summed E-state index contributed by atoms with van der Waals surface area (Å²) in [6.45, 7) is 4.69. The summed E-state index contributed by atoms with van der Waals surface area (Å²) in [6, 6.07) is 0. The number of aryl methyl sites for hydroxylation is 2. The predicted molar refractivity (Wildman–Crippen MR) is 79.7 cm³/mol. The Kier molecular flexibility index (Phi) is 4.36. The lowest BCUT2D eigenvalue weighted by molar-refractivity contribution is -0.0279. The highest BCUT2D eigenvalue weighted by Crippen LogP contribution is 2.32. The maximum absolute atomic E-state index is 5.99. The molecule has 0 radical (unpaired) electrons. The third-order valence-electron chi connectivity index (χ3n) is 4.15. The number of aromatic amines is 1. The highest BCUT2D eigenvalue weighted by Gasteiger charge is 2.28. The van der Waals surface area contributed by atoms with Gasteiger partial charge in [0.1, 0.15) is 0 Å². The van der Waals surface area contributed by atoms with Gasteiger partial charge in [0.05, 0.1) is 18.5 Å². The summed E-state index contributed by atoms with van der Waals surface area (Å²) in [4.78, 5) is 0. The number of hydrogen-bond acceptors (Lipinski definition) is 4.